The number of hydrogen-bond donors (Lipinski definition) is 2. The minimum atomic E-state index is -0.688. The van der Waals surface area contributed by atoms with Crippen LogP contribution in [-0.4, -0.2) is 25.9 Å². The van der Waals surface area contributed by atoms with Crippen molar-refractivity contribution >= 4 is 28.4 Å². The molecule has 2 heterocycles. The van der Waals surface area contributed by atoms with Crippen LogP contribution in [0.15, 0.2) is 100 Å². The highest BCUT2D eigenvalue weighted by Crippen LogP contribution is 2.42. The van der Waals surface area contributed by atoms with Crippen LogP contribution >= 0.6 is 11.6 Å². The minimum Gasteiger partial charge on any atom is -0.388 e. The number of benzene rings is 4. The average Bonchev–Trinajstić information content (AvgIpc) is 3.63. The molecule has 6 rings (SSSR count). The van der Waals surface area contributed by atoms with Crippen LogP contribution in [0.5, 0.6) is 0 Å². The minimum absolute atomic E-state index is 0.00495. The molecule has 2 N–H and O–H groups in total. The van der Waals surface area contributed by atoms with Gasteiger partial charge in [0.2, 0.25) is 5.89 Å². The Morgan fingerprint density at radius 3 is 2.49 bits per heavy atom. The maximum atomic E-state index is 13.6. The summed E-state index contributed by atoms with van der Waals surface area (Å²) in [5.74, 6) is 0.122. The molecular formula is C33H27ClN4O3. The normalized spacial score (nSPS) is 12.0. The SMILES string of the molecule is CCC[C@@H](CC(=O)c1ccc(-c2c(Cl)cccc2-c2nc3ccccc3[nH]2)c(-c2n[nH]c(=O)o2)c1)c1ccccc1. The van der Waals surface area contributed by atoms with E-state index >= 15 is 0 Å². The summed E-state index contributed by atoms with van der Waals surface area (Å²) in [5, 5.41) is 6.91. The number of Topliss-reactive ketones (excluding diaryl/α,β-unsaturated/α-hetero) is 1. The molecule has 7 nitrogen and oxygen atoms in total. The lowest BCUT2D eigenvalue weighted by atomic mass is 9.87. The molecule has 8 heteroatoms. The fourth-order valence-corrected chi connectivity index (χ4v) is 5.61. The number of H-pyrrole nitrogens is 2. The van der Waals surface area contributed by atoms with Gasteiger partial charge in [-0.25, -0.2) is 14.9 Å². The molecule has 0 aliphatic rings. The van der Waals surface area contributed by atoms with Gasteiger partial charge >= 0.3 is 5.76 Å². The largest absolute Gasteiger partial charge is 0.434 e. The van der Waals surface area contributed by atoms with Gasteiger partial charge < -0.3 is 9.40 Å². The number of carbonyl (C=O) groups is 1. The molecule has 0 unspecified atom stereocenters. The van der Waals surface area contributed by atoms with E-state index in [0.717, 1.165) is 35.0 Å². The molecule has 0 radical (unpaired) electrons. The third-order valence-corrected chi connectivity index (χ3v) is 7.59. The quantitative estimate of drug-likeness (QED) is 0.173. The first kappa shape index (κ1) is 26.5. The summed E-state index contributed by atoms with van der Waals surface area (Å²) >= 11 is 6.82. The number of nitrogens with zero attached hydrogens (tertiary/aromatic N) is 2. The number of halogens is 1. The monoisotopic (exact) mass is 562 g/mol. The third kappa shape index (κ3) is 5.36. The molecule has 4 aromatic carbocycles. The van der Waals surface area contributed by atoms with Crippen LogP contribution in [0, 0.1) is 0 Å². The number of para-hydroxylation sites is 2. The second-order valence-electron chi connectivity index (χ2n) is 9.97. The van der Waals surface area contributed by atoms with Gasteiger partial charge in [0.1, 0.15) is 5.82 Å². The fourth-order valence-electron chi connectivity index (χ4n) is 5.34. The van der Waals surface area contributed by atoms with Crippen molar-refractivity contribution in [3.63, 3.8) is 0 Å². The number of aromatic nitrogens is 4. The summed E-state index contributed by atoms with van der Waals surface area (Å²) in [5.41, 5.74) is 5.95. The molecule has 0 bridgehead atoms. The van der Waals surface area contributed by atoms with Crippen molar-refractivity contribution in [2.75, 3.05) is 0 Å². The molecule has 0 aliphatic heterocycles. The Labute approximate surface area is 241 Å². The second-order valence-corrected chi connectivity index (χ2v) is 10.4. The lowest BCUT2D eigenvalue weighted by Crippen LogP contribution is -2.08. The van der Waals surface area contributed by atoms with E-state index in [1.165, 1.54) is 0 Å². The molecule has 2 aromatic heterocycles. The van der Waals surface area contributed by atoms with E-state index in [1.807, 2.05) is 60.7 Å². The average molecular weight is 563 g/mol. The van der Waals surface area contributed by atoms with E-state index in [2.05, 4.69) is 34.2 Å². The van der Waals surface area contributed by atoms with Crippen LogP contribution in [0.25, 0.3) is 45.0 Å². The Bertz CT molecular complexity index is 1870. The fraction of sp³-hybridized carbons (Fsp3) is 0.152. The van der Waals surface area contributed by atoms with Gasteiger partial charge in [-0.15, -0.1) is 5.10 Å². The van der Waals surface area contributed by atoms with Gasteiger partial charge in [-0.1, -0.05) is 91.7 Å². The van der Waals surface area contributed by atoms with Crippen molar-refractivity contribution in [1.82, 2.24) is 20.2 Å². The first-order valence-electron chi connectivity index (χ1n) is 13.5. The number of aromatic amines is 2. The highest BCUT2D eigenvalue weighted by molar-refractivity contribution is 6.34. The second kappa shape index (κ2) is 11.4. The van der Waals surface area contributed by atoms with Crippen molar-refractivity contribution in [2.24, 2.45) is 0 Å². The van der Waals surface area contributed by atoms with Crippen LogP contribution in [0.4, 0.5) is 0 Å². The van der Waals surface area contributed by atoms with Crippen LogP contribution in [0.2, 0.25) is 5.02 Å². The summed E-state index contributed by atoms with van der Waals surface area (Å²) in [6, 6.07) is 28.8. The van der Waals surface area contributed by atoms with E-state index in [-0.39, 0.29) is 17.6 Å². The molecule has 1 atom stereocenters. The van der Waals surface area contributed by atoms with E-state index in [9.17, 15) is 9.59 Å². The standard InChI is InChI=1S/C33H27ClN4O3/c1-2-9-21(20-10-4-3-5-11-20)19-29(39)22-16-17-23(25(18-22)32-37-38-33(40)41-32)30-24(12-8-13-26(30)34)31-35-27-14-6-7-15-28(27)36-31/h3-8,10-18,21H,2,9,19H2,1H3,(H,35,36)(H,38,40)/t21-/m0/s1. The lowest BCUT2D eigenvalue weighted by Gasteiger charge is -2.17. The van der Waals surface area contributed by atoms with Gasteiger partial charge in [-0.05, 0) is 47.7 Å². The first-order valence-corrected chi connectivity index (χ1v) is 13.9. The number of nitrogens with one attached hydrogen (secondary N) is 2. The molecular weight excluding hydrogens is 536 g/mol. The maximum Gasteiger partial charge on any atom is 0.434 e. The molecule has 41 heavy (non-hydrogen) atoms. The molecule has 0 spiro atoms. The summed E-state index contributed by atoms with van der Waals surface area (Å²) in [7, 11) is 0. The number of ketones is 1. The zero-order chi connectivity index (χ0) is 28.3. The molecule has 0 saturated carbocycles. The first-order chi connectivity index (χ1) is 20.0. The van der Waals surface area contributed by atoms with E-state index < -0.39 is 5.76 Å². The summed E-state index contributed by atoms with van der Waals surface area (Å²) < 4.78 is 5.39. The number of fused-ring (bicyclic) bond motifs is 1. The highest BCUT2D eigenvalue weighted by atomic mass is 35.5. The molecule has 0 saturated heterocycles. The van der Waals surface area contributed by atoms with Gasteiger partial charge in [-0.3, -0.25) is 4.79 Å². The van der Waals surface area contributed by atoms with E-state index in [1.54, 1.807) is 18.2 Å². The van der Waals surface area contributed by atoms with Gasteiger partial charge in [-0.2, -0.15) is 0 Å². The molecule has 6 aromatic rings. The number of hydrogen-bond acceptors (Lipinski definition) is 5. The highest BCUT2D eigenvalue weighted by Gasteiger charge is 2.23. The summed E-state index contributed by atoms with van der Waals surface area (Å²) in [6.07, 6.45) is 2.22. The molecule has 204 valence electrons. The third-order valence-electron chi connectivity index (χ3n) is 7.28. The smallest absolute Gasteiger partial charge is 0.388 e. The molecule has 0 amide bonds. The van der Waals surface area contributed by atoms with Crippen LogP contribution in [-0.2, 0) is 0 Å². The van der Waals surface area contributed by atoms with E-state index in [0.29, 0.717) is 39.5 Å². The van der Waals surface area contributed by atoms with Crippen LogP contribution < -0.4 is 5.76 Å². The number of rotatable bonds is 9. The summed E-state index contributed by atoms with van der Waals surface area (Å²) in [6.45, 7) is 2.12. The number of carbonyl (C=O) groups excluding carboxylic acids is 1. The van der Waals surface area contributed by atoms with E-state index in [4.69, 9.17) is 21.0 Å². The Hall–Kier alpha value is -4.75. The van der Waals surface area contributed by atoms with Crippen LogP contribution in [0.1, 0.15) is 48.0 Å². The predicted octanol–water partition coefficient (Wildman–Crippen LogP) is 8.05. The van der Waals surface area contributed by atoms with Gasteiger partial charge in [0.15, 0.2) is 5.78 Å². The topological polar surface area (TPSA) is 105 Å². The Morgan fingerprint density at radius 1 is 0.927 bits per heavy atom. The lowest BCUT2D eigenvalue weighted by molar-refractivity contribution is 0.0972. The Kier molecular flexibility index (Phi) is 7.35. The van der Waals surface area contributed by atoms with Crippen molar-refractivity contribution in [3.8, 4) is 34.0 Å². The number of imidazole rings is 1. The van der Waals surface area contributed by atoms with Crippen molar-refractivity contribution in [1.29, 1.82) is 0 Å². The maximum absolute atomic E-state index is 13.6. The van der Waals surface area contributed by atoms with Gasteiger partial charge in [0.05, 0.1) is 11.0 Å². The Morgan fingerprint density at radius 2 is 1.73 bits per heavy atom. The van der Waals surface area contributed by atoms with Crippen molar-refractivity contribution in [3.05, 3.63) is 118 Å². The zero-order valence-corrected chi connectivity index (χ0v) is 23.1. The molecule has 0 aliphatic carbocycles. The predicted molar refractivity (Wildman–Crippen MR) is 161 cm³/mol. The molecule has 0 fully saturated rings. The van der Waals surface area contributed by atoms with Crippen molar-refractivity contribution < 1.29 is 9.21 Å². The summed E-state index contributed by atoms with van der Waals surface area (Å²) in [4.78, 5) is 33.7. The van der Waals surface area contributed by atoms with Crippen molar-refractivity contribution in [2.45, 2.75) is 32.1 Å². The van der Waals surface area contributed by atoms with Crippen LogP contribution in [0.3, 0.4) is 0 Å². The van der Waals surface area contributed by atoms with Gasteiger partial charge in [0, 0.05) is 33.7 Å². The zero-order valence-electron chi connectivity index (χ0n) is 22.4. The van der Waals surface area contributed by atoms with Gasteiger partial charge in [0.25, 0.3) is 0 Å². The Balaban J connectivity index is 1.46.